The fourth-order valence-corrected chi connectivity index (χ4v) is 1.86. The molecule has 0 N–H and O–H groups in total. The van der Waals surface area contributed by atoms with Crippen molar-refractivity contribution in [2.24, 2.45) is 0 Å². The van der Waals surface area contributed by atoms with E-state index in [0.717, 1.165) is 6.42 Å². The maximum Gasteiger partial charge on any atom is 0.508 e. The van der Waals surface area contributed by atoms with Crippen molar-refractivity contribution in [3.05, 3.63) is 33.4 Å². The van der Waals surface area contributed by atoms with Crippen molar-refractivity contribution in [2.75, 3.05) is 6.61 Å². The maximum atomic E-state index is 11.2. The first-order valence-corrected chi connectivity index (χ1v) is 7.15. The summed E-state index contributed by atoms with van der Waals surface area (Å²) in [6.07, 6.45) is 0.0827. The van der Waals surface area contributed by atoms with Crippen LogP contribution in [0.3, 0.4) is 0 Å². The molecule has 0 aromatic heterocycles. The molecule has 0 aliphatic rings. The molecule has 1 aromatic rings. The molecule has 0 saturated heterocycles. The second-order valence-electron chi connectivity index (χ2n) is 4.51. The van der Waals surface area contributed by atoms with Crippen LogP contribution >= 0.6 is 22.6 Å². The molecule has 0 heterocycles. The molecule has 0 aliphatic carbocycles. The van der Waals surface area contributed by atoms with Crippen LogP contribution in [0, 0.1) is 3.57 Å². The van der Waals surface area contributed by atoms with E-state index in [2.05, 4.69) is 53.8 Å². The van der Waals surface area contributed by atoms with Crippen molar-refractivity contribution in [1.82, 2.24) is 0 Å². The van der Waals surface area contributed by atoms with E-state index in [1.807, 2.05) is 0 Å². The number of ether oxygens (including phenoxy) is 2. The predicted octanol–water partition coefficient (Wildman–Crippen LogP) is 4.35. The first-order valence-electron chi connectivity index (χ1n) is 6.08. The van der Waals surface area contributed by atoms with Crippen molar-refractivity contribution >= 4 is 28.7 Å². The lowest BCUT2D eigenvalue weighted by Crippen LogP contribution is -2.14. The van der Waals surface area contributed by atoms with Gasteiger partial charge in [-0.05, 0) is 66.5 Å². The molecule has 3 nitrogen and oxygen atoms in total. The van der Waals surface area contributed by atoms with Gasteiger partial charge in [0.05, 0.1) is 12.7 Å². The van der Waals surface area contributed by atoms with Gasteiger partial charge in [-0.1, -0.05) is 19.1 Å². The van der Waals surface area contributed by atoms with Gasteiger partial charge >= 0.3 is 6.16 Å². The van der Waals surface area contributed by atoms with E-state index in [1.54, 1.807) is 13.8 Å². The fourth-order valence-electron chi connectivity index (χ4n) is 1.50. The van der Waals surface area contributed by atoms with E-state index in [-0.39, 0.29) is 6.10 Å². The SMILES string of the molecule is CC(C)OC(=O)OCC[C@@H](C)c1ccc(I)cc1. The summed E-state index contributed by atoms with van der Waals surface area (Å²) >= 11 is 2.28. The van der Waals surface area contributed by atoms with Gasteiger partial charge < -0.3 is 9.47 Å². The lowest BCUT2D eigenvalue weighted by Gasteiger charge is -2.13. The Labute approximate surface area is 122 Å². The highest BCUT2D eigenvalue weighted by atomic mass is 127. The van der Waals surface area contributed by atoms with Crippen molar-refractivity contribution in [3.63, 3.8) is 0 Å². The Hall–Kier alpha value is -0.780. The van der Waals surface area contributed by atoms with Crippen LogP contribution in [-0.4, -0.2) is 18.9 Å². The Bertz CT molecular complexity index is 373. The number of hydrogen-bond acceptors (Lipinski definition) is 3. The monoisotopic (exact) mass is 362 g/mol. The molecule has 0 amide bonds. The molecule has 100 valence electrons. The quantitative estimate of drug-likeness (QED) is 0.577. The average Bonchev–Trinajstić information content (AvgIpc) is 2.28. The molecule has 1 rings (SSSR count). The topological polar surface area (TPSA) is 35.5 Å². The first kappa shape index (κ1) is 15.3. The number of carbonyl (C=O) groups is 1. The number of rotatable bonds is 5. The van der Waals surface area contributed by atoms with Gasteiger partial charge in [0.2, 0.25) is 0 Å². The smallest absolute Gasteiger partial charge is 0.434 e. The lowest BCUT2D eigenvalue weighted by atomic mass is 9.98. The summed E-state index contributed by atoms with van der Waals surface area (Å²) in [6.45, 7) is 6.11. The van der Waals surface area contributed by atoms with Gasteiger partial charge in [-0.25, -0.2) is 4.79 Å². The summed E-state index contributed by atoms with van der Waals surface area (Å²) < 4.78 is 11.1. The lowest BCUT2D eigenvalue weighted by molar-refractivity contribution is 0.0332. The third-order valence-electron chi connectivity index (χ3n) is 2.54. The largest absolute Gasteiger partial charge is 0.508 e. The second kappa shape index (κ2) is 7.61. The summed E-state index contributed by atoms with van der Waals surface area (Å²) in [5, 5.41) is 0. The third kappa shape index (κ3) is 5.71. The van der Waals surface area contributed by atoms with Crippen LogP contribution in [-0.2, 0) is 9.47 Å². The number of hydrogen-bond donors (Lipinski definition) is 0. The zero-order chi connectivity index (χ0) is 13.5. The molecule has 0 unspecified atom stereocenters. The van der Waals surface area contributed by atoms with E-state index < -0.39 is 6.16 Å². The van der Waals surface area contributed by atoms with E-state index >= 15 is 0 Å². The van der Waals surface area contributed by atoms with Crippen molar-refractivity contribution < 1.29 is 14.3 Å². The van der Waals surface area contributed by atoms with Gasteiger partial charge in [0.1, 0.15) is 0 Å². The third-order valence-corrected chi connectivity index (χ3v) is 3.26. The van der Waals surface area contributed by atoms with E-state index in [4.69, 9.17) is 9.47 Å². The Kier molecular flexibility index (Phi) is 6.46. The van der Waals surface area contributed by atoms with Crippen molar-refractivity contribution in [1.29, 1.82) is 0 Å². The second-order valence-corrected chi connectivity index (χ2v) is 5.75. The average molecular weight is 362 g/mol. The van der Waals surface area contributed by atoms with Crippen LogP contribution in [0.5, 0.6) is 0 Å². The highest BCUT2D eigenvalue weighted by molar-refractivity contribution is 14.1. The molecule has 0 bridgehead atoms. The Morgan fingerprint density at radius 2 is 1.83 bits per heavy atom. The van der Waals surface area contributed by atoms with Gasteiger partial charge in [-0.3, -0.25) is 0 Å². The van der Waals surface area contributed by atoms with Crippen LogP contribution in [0.25, 0.3) is 0 Å². The highest BCUT2D eigenvalue weighted by Crippen LogP contribution is 2.20. The molecule has 0 radical (unpaired) electrons. The molecule has 0 spiro atoms. The molecule has 0 fully saturated rings. The summed E-state index contributed by atoms with van der Waals surface area (Å²) in [7, 11) is 0. The maximum absolute atomic E-state index is 11.2. The standard InChI is InChI=1S/C14H19IO3/c1-10(2)18-14(16)17-9-8-11(3)12-4-6-13(15)7-5-12/h4-7,10-11H,8-9H2,1-3H3/t11-/m1/s1. The number of carbonyl (C=O) groups excluding carboxylic acids is 1. The van der Waals surface area contributed by atoms with E-state index in [0.29, 0.717) is 12.5 Å². The fraction of sp³-hybridized carbons (Fsp3) is 0.500. The Balaban J connectivity index is 2.31. The van der Waals surface area contributed by atoms with Crippen LogP contribution in [0.1, 0.15) is 38.7 Å². The Morgan fingerprint density at radius 3 is 2.39 bits per heavy atom. The first-order chi connectivity index (χ1) is 8.49. The molecular weight excluding hydrogens is 343 g/mol. The zero-order valence-electron chi connectivity index (χ0n) is 11.0. The van der Waals surface area contributed by atoms with Crippen molar-refractivity contribution in [3.8, 4) is 0 Å². The predicted molar refractivity (Wildman–Crippen MR) is 79.8 cm³/mol. The number of benzene rings is 1. The summed E-state index contributed by atoms with van der Waals surface area (Å²) in [6, 6.07) is 8.39. The normalized spacial score (nSPS) is 12.3. The minimum Gasteiger partial charge on any atom is -0.434 e. The van der Waals surface area contributed by atoms with Gasteiger partial charge in [0.15, 0.2) is 0 Å². The van der Waals surface area contributed by atoms with E-state index in [1.165, 1.54) is 9.13 Å². The van der Waals surface area contributed by atoms with Gasteiger partial charge in [0, 0.05) is 3.57 Å². The molecular formula is C14H19IO3. The molecule has 1 atom stereocenters. The van der Waals surface area contributed by atoms with E-state index in [9.17, 15) is 4.79 Å². The minimum atomic E-state index is -0.584. The highest BCUT2D eigenvalue weighted by Gasteiger charge is 2.09. The molecule has 18 heavy (non-hydrogen) atoms. The zero-order valence-corrected chi connectivity index (χ0v) is 13.1. The van der Waals surface area contributed by atoms with Gasteiger partial charge in [0.25, 0.3) is 0 Å². The van der Waals surface area contributed by atoms with Crippen LogP contribution in [0.2, 0.25) is 0 Å². The number of halogens is 1. The Morgan fingerprint density at radius 1 is 1.22 bits per heavy atom. The molecule has 0 saturated carbocycles. The van der Waals surface area contributed by atoms with Crippen LogP contribution < -0.4 is 0 Å². The summed E-state index contributed by atoms with van der Waals surface area (Å²) in [5.41, 5.74) is 1.26. The van der Waals surface area contributed by atoms with Crippen LogP contribution in [0.15, 0.2) is 24.3 Å². The van der Waals surface area contributed by atoms with Crippen LogP contribution in [0.4, 0.5) is 4.79 Å². The minimum absolute atomic E-state index is 0.133. The summed E-state index contributed by atoms with van der Waals surface area (Å²) in [5.74, 6) is 0.369. The summed E-state index contributed by atoms with van der Waals surface area (Å²) in [4.78, 5) is 11.2. The van der Waals surface area contributed by atoms with Crippen molar-refractivity contribution in [2.45, 2.75) is 39.2 Å². The molecule has 0 aliphatic heterocycles. The molecule has 4 heteroatoms. The van der Waals surface area contributed by atoms with Gasteiger partial charge in [-0.15, -0.1) is 0 Å². The molecule has 1 aromatic carbocycles. The van der Waals surface area contributed by atoms with Gasteiger partial charge in [-0.2, -0.15) is 0 Å².